The van der Waals surface area contributed by atoms with Crippen LogP contribution in [0.2, 0.25) is 0 Å². The Morgan fingerprint density at radius 1 is 0.857 bits per heavy atom. The van der Waals surface area contributed by atoms with Gasteiger partial charge in [-0.1, -0.05) is 22.5 Å². The molecule has 0 saturated carbocycles. The molecule has 0 aliphatic carbocycles. The van der Waals surface area contributed by atoms with Gasteiger partial charge in [-0.05, 0) is 37.5 Å². The molecule has 2 unspecified atom stereocenters. The van der Waals surface area contributed by atoms with Crippen LogP contribution in [0.5, 0.6) is 0 Å². The predicted octanol–water partition coefficient (Wildman–Crippen LogP) is 3.10. The normalized spacial score (nSPS) is 25.2. The standard InChI is InChI=1S/2C7H13NS2.Zn/c2*1-6-3-2-4-8(5-6)7(9)10;/h2*6H,2-5H2,1H3,(H,9,10);/q;;+2/p-2. The first-order valence-electron chi connectivity index (χ1n) is 7.32. The quantitative estimate of drug-likeness (QED) is 0.339. The Bertz CT molecular complexity index is 309. The van der Waals surface area contributed by atoms with Gasteiger partial charge in [0.05, 0.1) is 0 Å². The third kappa shape index (κ3) is 8.90. The summed E-state index contributed by atoms with van der Waals surface area (Å²) in [4.78, 5) is 4.25. The van der Waals surface area contributed by atoms with E-state index in [1.165, 1.54) is 25.7 Å². The van der Waals surface area contributed by atoms with Gasteiger partial charge >= 0.3 is 19.5 Å². The third-order valence-corrected chi connectivity index (χ3v) is 4.86. The summed E-state index contributed by atoms with van der Waals surface area (Å²) in [6.07, 6.45) is 5.15. The molecule has 7 heteroatoms. The van der Waals surface area contributed by atoms with Crippen LogP contribution in [0.4, 0.5) is 0 Å². The minimum Gasteiger partial charge on any atom is -0.411 e. The van der Waals surface area contributed by atoms with E-state index in [2.05, 4.69) is 23.6 Å². The van der Waals surface area contributed by atoms with E-state index < -0.39 is 0 Å². The fraction of sp³-hybridized carbons (Fsp3) is 0.857. The molecule has 0 N–H and O–H groups in total. The Morgan fingerprint density at radius 2 is 1.19 bits per heavy atom. The van der Waals surface area contributed by atoms with Crippen molar-refractivity contribution in [3.63, 3.8) is 0 Å². The van der Waals surface area contributed by atoms with Gasteiger partial charge in [-0.3, -0.25) is 0 Å². The molecule has 2 heterocycles. The number of rotatable bonds is 0. The topological polar surface area (TPSA) is 6.48 Å². The van der Waals surface area contributed by atoms with E-state index in [-0.39, 0.29) is 19.5 Å². The molecule has 0 spiro atoms. The largest absolute Gasteiger partial charge is 2.00 e. The second kappa shape index (κ2) is 11.4. The molecule has 116 valence electrons. The monoisotopic (exact) mass is 412 g/mol. The van der Waals surface area contributed by atoms with Crippen LogP contribution in [0.25, 0.3) is 0 Å². The van der Waals surface area contributed by atoms with E-state index in [1.54, 1.807) is 0 Å². The molecule has 0 radical (unpaired) electrons. The van der Waals surface area contributed by atoms with Gasteiger partial charge in [-0.2, -0.15) is 0 Å². The van der Waals surface area contributed by atoms with Crippen LogP contribution in [-0.2, 0) is 44.7 Å². The summed E-state index contributed by atoms with van der Waals surface area (Å²) in [7, 11) is 0. The number of nitrogens with zero attached hydrogens (tertiary/aromatic N) is 2. The van der Waals surface area contributed by atoms with E-state index in [4.69, 9.17) is 49.7 Å². The molecule has 0 aromatic carbocycles. The van der Waals surface area contributed by atoms with Crippen molar-refractivity contribution in [3.05, 3.63) is 0 Å². The van der Waals surface area contributed by atoms with Gasteiger partial charge < -0.3 is 59.5 Å². The second-order valence-electron chi connectivity index (χ2n) is 5.92. The average molecular weight is 414 g/mol. The molecular weight excluding hydrogens is 390 g/mol. The summed E-state index contributed by atoms with van der Waals surface area (Å²) in [5.41, 5.74) is 0. The maximum Gasteiger partial charge on any atom is 2.00 e. The van der Waals surface area contributed by atoms with E-state index in [1.807, 2.05) is 0 Å². The maximum atomic E-state index is 4.91. The van der Waals surface area contributed by atoms with E-state index in [9.17, 15) is 0 Å². The summed E-state index contributed by atoms with van der Waals surface area (Å²) < 4.78 is 1.29. The van der Waals surface area contributed by atoms with Crippen LogP contribution < -0.4 is 0 Å². The molecule has 21 heavy (non-hydrogen) atoms. The summed E-state index contributed by atoms with van der Waals surface area (Å²) in [5, 5.41) is 0. The van der Waals surface area contributed by atoms with Crippen LogP contribution in [0.1, 0.15) is 39.5 Å². The predicted molar refractivity (Wildman–Crippen MR) is 99.9 cm³/mol. The first-order chi connectivity index (χ1) is 9.40. The Morgan fingerprint density at radius 3 is 1.38 bits per heavy atom. The van der Waals surface area contributed by atoms with E-state index in [0.717, 1.165) is 38.0 Å². The Hall–Kier alpha value is 0.843. The van der Waals surface area contributed by atoms with Crippen molar-refractivity contribution < 1.29 is 19.5 Å². The molecular formula is C14H24N2S4Zn. The number of thiocarbonyl (C=S) groups is 2. The maximum absolute atomic E-state index is 4.91. The van der Waals surface area contributed by atoms with E-state index >= 15 is 0 Å². The van der Waals surface area contributed by atoms with Crippen LogP contribution in [0.3, 0.4) is 0 Å². The third-order valence-electron chi connectivity index (χ3n) is 3.83. The number of hydrogen-bond donors (Lipinski definition) is 0. The molecule has 0 aromatic heterocycles. The molecule has 2 aliphatic rings. The van der Waals surface area contributed by atoms with Gasteiger partial charge in [0.15, 0.2) is 0 Å². The molecule has 0 aromatic rings. The van der Waals surface area contributed by atoms with Crippen LogP contribution in [-0.4, -0.2) is 44.6 Å². The van der Waals surface area contributed by atoms with E-state index in [0.29, 0.717) is 8.64 Å². The summed E-state index contributed by atoms with van der Waals surface area (Å²) in [6.45, 7) is 8.80. The Labute approximate surface area is 164 Å². The van der Waals surface area contributed by atoms with Gasteiger partial charge in [-0.15, -0.1) is 0 Å². The average Bonchev–Trinajstić information content (AvgIpc) is 2.39. The van der Waals surface area contributed by atoms with Gasteiger partial charge in [0.1, 0.15) is 0 Å². The van der Waals surface area contributed by atoms with Gasteiger partial charge in [0.2, 0.25) is 0 Å². The minimum atomic E-state index is 0. The van der Waals surface area contributed by atoms with Crippen LogP contribution in [0.15, 0.2) is 0 Å². The van der Waals surface area contributed by atoms with Crippen LogP contribution >= 0.6 is 24.4 Å². The van der Waals surface area contributed by atoms with Crippen molar-refractivity contribution in [1.82, 2.24) is 9.80 Å². The molecule has 2 fully saturated rings. The van der Waals surface area contributed by atoms with Crippen molar-refractivity contribution in [2.75, 3.05) is 26.2 Å². The summed E-state index contributed by atoms with van der Waals surface area (Å²) in [5.74, 6) is 1.55. The number of piperidine rings is 2. The molecule has 0 bridgehead atoms. The molecule has 2 rings (SSSR count). The Balaban J connectivity index is 0.000000364. The van der Waals surface area contributed by atoms with Crippen molar-refractivity contribution in [3.8, 4) is 0 Å². The van der Waals surface area contributed by atoms with Crippen molar-refractivity contribution in [2.45, 2.75) is 39.5 Å². The van der Waals surface area contributed by atoms with Crippen molar-refractivity contribution in [2.24, 2.45) is 11.8 Å². The van der Waals surface area contributed by atoms with Crippen molar-refractivity contribution in [1.29, 1.82) is 0 Å². The number of likely N-dealkylation sites (tertiary alicyclic amines) is 2. The molecule has 2 nitrogen and oxygen atoms in total. The zero-order valence-corrected chi connectivity index (χ0v) is 19.3. The first kappa shape index (κ1) is 21.8. The number of hydrogen-bond acceptors (Lipinski definition) is 4. The first-order valence-corrected chi connectivity index (χ1v) is 8.95. The molecule has 2 atom stereocenters. The zero-order chi connectivity index (χ0) is 15.1. The molecule has 0 amide bonds. The minimum absolute atomic E-state index is 0. The fourth-order valence-electron chi connectivity index (χ4n) is 2.71. The molecule has 2 saturated heterocycles. The van der Waals surface area contributed by atoms with Gasteiger partial charge in [-0.25, -0.2) is 0 Å². The van der Waals surface area contributed by atoms with Gasteiger partial charge in [0.25, 0.3) is 0 Å². The second-order valence-corrected chi connectivity index (χ2v) is 7.98. The zero-order valence-electron chi connectivity index (χ0n) is 13.0. The fourth-order valence-corrected chi connectivity index (χ4v) is 3.37. The van der Waals surface area contributed by atoms with Crippen LogP contribution in [0, 0.1) is 11.8 Å². The summed E-state index contributed by atoms with van der Waals surface area (Å²) >= 11 is 19.6. The van der Waals surface area contributed by atoms with Crippen molar-refractivity contribution >= 4 is 58.3 Å². The summed E-state index contributed by atoms with van der Waals surface area (Å²) in [6, 6.07) is 0. The van der Waals surface area contributed by atoms with Gasteiger partial charge in [0, 0.05) is 26.2 Å². The smallest absolute Gasteiger partial charge is 0.411 e. The Kier molecular flexibility index (Phi) is 11.8. The molecule has 2 aliphatic heterocycles. The SMILES string of the molecule is CC1CCCN(C(=S)[S-])C1.CC1CCCN(C(=S)[S-])C1.[Zn+2].